The lowest BCUT2D eigenvalue weighted by Crippen LogP contribution is -2.34. The molecular weight excluding hydrogens is 218 g/mol. The maximum absolute atomic E-state index is 13.4. The van der Waals surface area contributed by atoms with Gasteiger partial charge in [0.05, 0.1) is 19.8 Å². The maximum Gasteiger partial charge on any atom is 0.164 e. The first-order chi connectivity index (χ1) is 7.70. The second-order valence-corrected chi connectivity index (χ2v) is 3.57. The fourth-order valence-corrected chi connectivity index (χ4v) is 1.64. The summed E-state index contributed by atoms with van der Waals surface area (Å²) in [4.78, 5) is 0. The van der Waals surface area contributed by atoms with Crippen LogP contribution in [0.25, 0.3) is 0 Å². The number of benzene rings is 1. The Hall–Kier alpha value is -1.04. The van der Waals surface area contributed by atoms with Gasteiger partial charge in [-0.2, -0.15) is 0 Å². The van der Waals surface area contributed by atoms with E-state index in [2.05, 4.69) is 0 Å². The van der Waals surface area contributed by atoms with Crippen LogP contribution in [0.1, 0.15) is 11.7 Å². The Morgan fingerprint density at radius 2 is 2.12 bits per heavy atom. The van der Waals surface area contributed by atoms with E-state index in [1.807, 2.05) is 0 Å². The molecule has 0 radical (unpaired) electrons. The molecule has 0 aromatic heterocycles. The summed E-state index contributed by atoms with van der Waals surface area (Å²) in [6, 6.07) is 3.69. The van der Waals surface area contributed by atoms with Crippen molar-refractivity contribution in [2.45, 2.75) is 12.2 Å². The van der Waals surface area contributed by atoms with Crippen LogP contribution in [0.2, 0.25) is 0 Å². The van der Waals surface area contributed by atoms with Gasteiger partial charge in [-0.15, -0.1) is 0 Å². The zero-order valence-corrected chi connectivity index (χ0v) is 8.53. The summed E-state index contributed by atoms with van der Waals surface area (Å²) in [6.07, 6.45) is -1.86. The van der Waals surface area contributed by atoms with Crippen LogP contribution in [0.3, 0.4) is 0 Å². The molecule has 1 aliphatic heterocycles. The molecule has 0 amide bonds. The van der Waals surface area contributed by atoms with E-state index >= 15 is 0 Å². The second-order valence-electron chi connectivity index (χ2n) is 3.57. The molecular formula is C11H12F2O3. The summed E-state index contributed by atoms with van der Waals surface area (Å²) in [7, 11) is 0. The molecule has 1 aromatic carbocycles. The Morgan fingerprint density at radius 3 is 2.81 bits per heavy atom. The van der Waals surface area contributed by atoms with E-state index in [0.29, 0.717) is 13.2 Å². The lowest BCUT2D eigenvalue weighted by atomic mass is 10.0. The number of hydrogen-bond acceptors (Lipinski definition) is 3. The van der Waals surface area contributed by atoms with Gasteiger partial charge in [-0.25, -0.2) is 8.78 Å². The van der Waals surface area contributed by atoms with E-state index in [0.717, 1.165) is 6.07 Å². The number of aliphatic hydroxyl groups is 1. The first-order valence-electron chi connectivity index (χ1n) is 5.01. The SMILES string of the molecule is OC(c1cccc(F)c1F)C1COCCO1. The molecule has 0 bridgehead atoms. The highest BCUT2D eigenvalue weighted by Crippen LogP contribution is 2.24. The Morgan fingerprint density at radius 1 is 1.31 bits per heavy atom. The molecule has 1 aromatic rings. The van der Waals surface area contributed by atoms with Crippen LogP contribution in [0.4, 0.5) is 8.78 Å². The minimum absolute atomic E-state index is 0.101. The molecule has 2 unspecified atom stereocenters. The van der Waals surface area contributed by atoms with Crippen molar-refractivity contribution in [3.05, 3.63) is 35.4 Å². The van der Waals surface area contributed by atoms with Gasteiger partial charge in [0.1, 0.15) is 12.2 Å². The lowest BCUT2D eigenvalue weighted by molar-refractivity contribution is -0.134. The van der Waals surface area contributed by atoms with Crippen molar-refractivity contribution in [1.29, 1.82) is 0 Å². The van der Waals surface area contributed by atoms with E-state index in [-0.39, 0.29) is 12.2 Å². The highest BCUT2D eigenvalue weighted by atomic mass is 19.2. The molecule has 5 heteroatoms. The van der Waals surface area contributed by atoms with Crippen molar-refractivity contribution < 1.29 is 23.4 Å². The molecule has 88 valence electrons. The van der Waals surface area contributed by atoms with Crippen LogP contribution in [-0.4, -0.2) is 31.0 Å². The number of rotatable bonds is 2. The monoisotopic (exact) mass is 230 g/mol. The molecule has 2 atom stereocenters. The average Bonchev–Trinajstić information content (AvgIpc) is 2.33. The summed E-state index contributed by atoms with van der Waals surface area (Å²) in [5.41, 5.74) is -0.101. The van der Waals surface area contributed by atoms with E-state index < -0.39 is 23.8 Å². The first kappa shape index (κ1) is 11.4. The zero-order valence-electron chi connectivity index (χ0n) is 8.53. The largest absolute Gasteiger partial charge is 0.385 e. The maximum atomic E-state index is 13.4. The van der Waals surface area contributed by atoms with Crippen LogP contribution in [0.15, 0.2) is 18.2 Å². The molecule has 1 heterocycles. The van der Waals surface area contributed by atoms with Gasteiger partial charge in [0.2, 0.25) is 0 Å². The predicted molar refractivity (Wildman–Crippen MR) is 51.9 cm³/mol. The van der Waals surface area contributed by atoms with Crippen molar-refractivity contribution in [2.24, 2.45) is 0 Å². The van der Waals surface area contributed by atoms with Gasteiger partial charge in [-0.05, 0) is 6.07 Å². The Labute approximate surface area is 91.6 Å². The molecule has 1 aliphatic rings. The van der Waals surface area contributed by atoms with Crippen LogP contribution >= 0.6 is 0 Å². The summed E-state index contributed by atoms with van der Waals surface area (Å²) < 4.78 is 36.6. The smallest absolute Gasteiger partial charge is 0.164 e. The number of ether oxygens (including phenoxy) is 2. The van der Waals surface area contributed by atoms with E-state index in [1.54, 1.807) is 0 Å². The molecule has 0 spiro atoms. The van der Waals surface area contributed by atoms with Crippen LogP contribution in [-0.2, 0) is 9.47 Å². The number of halogens is 2. The second kappa shape index (κ2) is 4.86. The fourth-order valence-electron chi connectivity index (χ4n) is 1.64. The van der Waals surface area contributed by atoms with E-state index in [4.69, 9.17) is 9.47 Å². The Kier molecular flexibility index (Phi) is 3.48. The van der Waals surface area contributed by atoms with Gasteiger partial charge in [-0.3, -0.25) is 0 Å². The summed E-state index contributed by atoms with van der Waals surface area (Å²) in [5, 5.41) is 9.84. The third-order valence-electron chi connectivity index (χ3n) is 2.49. The molecule has 1 saturated heterocycles. The van der Waals surface area contributed by atoms with Gasteiger partial charge in [0, 0.05) is 5.56 Å². The van der Waals surface area contributed by atoms with Gasteiger partial charge in [-0.1, -0.05) is 12.1 Å². The molecule has 0 aliphatic carbocycles. The highest BCUT2D eigenvalue weighted by molar-refractivity contribution is 5.22. The first-order valence-corrected chi connectivity index (χ1v) is 5.01. The average molecular weight is 230 g/mol. The van der Waals surface area contributed by atoms with Crippen molar-refractivity contribution >= 4 is 0 Å². The quantitative estimate of drug-likeness (QED) is 0.835. The third kappa shape index (κ3) is 2.21. The minimum atomic E-state index is -1.21. The highest BCUT2D eigenvalue weighted by Gasteiger charge is 2.27. The van der Waals surface area contributed by atoms with Crippen molar-refractivity contribution in [3.63, 3.8) is 0 Å². The van der Waals surface area contributed by atoms with Gasteiger partial charge in [0.25, 0.3) is 0 Å². The van der Waals surface area contributed by atoms with Crippen LogP contribution in [0, 0.1) is 11.6 Å². The van der Waals surface area contributed by atoms with E-state index in [1.165, 1.54) is 12.1 Å². The molecule has 2 rings (SSSR count). The summed E-state index contributed by atoms with van der Waals surface area (Å²) in [5.74, 6) is -2.02. The van der Waals surface area contributed by atoms with E-state index in [9.17, 15) is 13.9 Å². The standard InChI is InChI=1S/C11H12F2O3/c12-8-3-1-2-7(10(8)13)11(14)9-6-15-4-5-16-9/h1-3,9,11,14H,4-6H2. The van der Waals surface area contributed by atoms with Crippen LogP contribution in [0.5, 0.6) is 0 Å². The Balaban J connectivity index is 2.19. The van der Waals surface area contributed by atoms with Gasteiger partial charge < -0.3 is 14.6 Å². The Bertz CT molecular complexity index is 364. The minimum Gasteiger partial charge on any atom is -0.385 e. The molecule has 1 fully saturated rings. The third-order valence-corrected chi connectivity index (χ3v) is 2.49. The van der Waals surface area contributed by atoms with Crippen molar-refractivity contribution in [2.75, 3.05) is 19.8 Å². The number of hydrogen-bond donors (Lipinski definition) is 1. The summed E-state index contributed by atoms with van der Waals surface area (Å²) in [6.45, 7) is 0.977. The summed E-state index contributed by atoms with van der Waals surface area (Å²) >= 11 is 0. The topological polar surface area (TPSA) is 38.7 Å². The molecule has 16 heavy (non-hydrogen) atoms. The van der Waals surface area contributed by atoms with Gasteiger partial charge in [0.15, 0.2) is 11.6 Å². The number of aliphatic hydroxyl groups excluding tert-OH is 1. The van der Waals surface area contributed by atoms with Crippen LogP contribution < -0.4 is 0 Å². The van der Waals surface area contributed by atoms with Crippen molar-refractivity contribution in [3.8, 4) is 0 Å². The van der Waals surface area contributed by atoms with Gasteiger partial charge >= 0.3 is 0 Å². The van der Waals surface area contributed by atoms with Crippen molar-refractivity contribution in [1.82, 2.24) is 0 Å². The normalized spacial score (nSPS) is 23.1. The predicted octanol–water partition coefficient (Wildman–Crippen LogP) is 1.41. The molecule has 1 N–H and O–H groups in total. The molecule has 3 nitrogen and oxygen atoms in total. The lowest BCUT2D eigenvalue weighted by Gasteiger charge is -2.27. The molecule has 0 saturated carbocycles. The zero-order chi connectivity index (χ0) is 11.5. The fraction of sp³-hybridized carbons (Fsp3) is 0.455.